The number of hydrogen-bond donors (Lipinski definition) is 3. The molecule has 0 spiro atoms. The highest BCUT2D eigenvalue weighted by Crippen LogP contribution is 2.36. The highest BCUT2D eigenvalue weighted by atomic mass is 19.3. The number of fused-ring (bicyclic) bond motifs is 1. The molecule has 1 heterocycles. The summed E-state index contributed by atoms with van der Waals surface area (Å²) in [7, 11) is 0. The number of hydrogen-bond acceptors (Lipinski definition) is 7. The van der Waals surface area contributed by atoms with Crippen LogP contribution in [0, 0.1) is 11.3 Å². The molecule has 28 heavy (non-hydrogen) atoms. The number of benzene rings is 1. The van der Waals surface area contributed by atoms with Crippen molar-refractivity contribution >= 4 is 22.8 Å². The molecule has 0 bridgehead atoms. The molecule has 7 nitrogen and oxygen atoms in total. The number of ether oxygens (including phenoxy) is 2. The van der Waals surface area contributed by atoms with Crippen molar-refractivity contribution in [2.75, 3.05) is 0 Å². The number of nitrogens with one attached hydrogen (secondary N) is 1. The van der Waals surface area contributed by atoms with Crippen LogP contribution >= 0.6 is 0 Å². The molecule has 0 saturated carbocycles. The lowest BCUT2D eigenvalue weighted by atomic mass is 9.82. The van der Waals surface area contributed by atoms with Gasteiger partial charge in [-0.2, -0.15) is 22.7 Å². The van der Waals surface area contributed by atoms with E-state index in [0.717, 1.165) is 18.3 Å². The summed E-state index contributed by atoms with van der Waals surface area (Å²) in [6.07, 6.45) is 0.775. The summed E-state index contributed by atoms with van der Waals surface area (Å²) in [5.41, 5.74) is -1.91. The predicted molar refractivity (Wildman–Crippen MR) is 94.1 cm³/mol. The Morgan fingerprint density at radius 2 is 1.75 bits per heavy atom. The van der Waals surface area contributed by atoms with Gasteiger partial charge < -0.3 is 25.8 Å². The average Bonchev–Trinajstić information content (AvgIpc) is 2.61. The van der Waals surface area contributed by atoms with E-state index in [1.54, 1.807) is 13.8 Å². The number of alkyl halides is 4. The van der Waals surface area contributed by atoms with Crippen LogP contribution in [0.15, 0.2) is 29.4 Å². The third kappa shape index (κ3) is 4.14. The Labute approximate surface area is 157 Å². The van der Waals surface area contributed by atoms with E-state index in [1.807, 2.05) is 0 Å². The van der Waals surface area contributed by atoms with Crippen LogP contribution in [-0.2, 0) is 5.60 Å². The second-order valence-electron chi connectivity index (χ2n) is 6.02. The van der Waals surface area contributed by atoms with Crippen LogP contribution in [-0.4, -0.2) is 35.2 Å². The van der Waals surface area contributed by atoms with Crippen LogP contribution < -0.4 is 15.3 Å². The van der Waals surface area contributed by atoms with Gasteiger partial charge in [-0.3, -0.25) is 0 Å². The fourth-order valence-corrected chi connectivity index (χ4v) is 2.69. The van der Waals surface area contributed by atoms with Gasteiger partial charge in [-0.05, 0) is 18.1 Å². The highest BCUT2D eigenvalue weighted by Gasteiger charge is 2.39. The molecule has 0 fully saturated rings. The molecule has 1 atom stereocenters. The lowest BCUT2D eigenvalue weighted by Gasteiger charge is -2.31. The molecule has 152 valence electrons. The topological polar surface area (TPSA) is 114 Å². The standard InChI is InChI=1S/C17H18F4N4O3/c1-8(2)17(26,14(7-22)25-23)13-4-3-9-5-11(27-15(18)19)12(28-16(20)21)6-10(9)24-13/h3-8,15-16,22,26H,23H2,1-2H3/b22-7?,25-14+. The van der Waals surface area contributed by atoms with Crippen LogP contribution in [0.4, 0.5) is 17.6 Å². The van der Waals surface area contributed by atoms with Gasteiger partial charge in [-0.15, -0.1) is 0 Å². The maximum absolute atomic E-state index is 12.6. The van der Waals surface area contributed by atoms with Crippen molar-refractivity contribution in [1.82, 2.24) is 4.98 Å². The van der Waals surface area contributed by atoms with Crippen molar-refractivity contribution in [3.05, 3.63) is 30.0 Å². The van der Waals surface area contributed by atoms with Crippen LogP contribution in [0.5, 0.6) is 11.5 Å². The number of aliphatic hydroxyl groups is 1. The number of nitrogens with zero attached hydrogens (tertiary/aromatic N) is 2. The van der Waals surface area contributed by atoms with Gasteiger partial charge in [0.2, 0.25) is 0 Å². The summed E-state index contributed by atoms with van der Waals surface area (Å²) in [6.45, 7) is -3.23. The van der Waals surface area contributed by atoms with Crippen LogP contribution in [0.1, 0.15) is 19.5 Å². The molecule has 2 rings (SSSR count). The van der Waals surface area contributed by atoms with E-state index < -0.39 is 36.2 Å². The Hall–Kier alpha value is -2.95. The second kappa shape index (κ2) is 8.38. The number of nitrogens with two attached hydrogens (primary N) is 1. The monoisotopic (exact) mass is 402 g/mol. The van der Waals surface area contributed by atoms with Gasteiger partial charge in [-0.1, -0.05) is 19.9 Å². The lowest BCUT2D eigenvalue weighted by Crippen LogP contribution is -2.43. The molecule has 0 amide bonds. The van der Waals surface area contributed by atoms with Gasteiger partial charge in [0.15, 0.2) is 17.1 Å². The zero-order valence-corrected chi connectivity index (χ0v) is 14.9. The first-order valence-corrected chi connectivity index (χ1v) is 7.99. The summed E-state index contributed by atoms with van der Waals surface area (Å²) >= 11 is 0. The number of pyridine rings is 1. The molecular formula is C17H18F4N4O3. The average molecular weight is 402 g/mol. The lowest BCUT2D eigenvalue weighted by molar-refractivity contribution is -0.0690. The SMILES string of the molecule is CC(C)C(O)(/C(C=N)=N/N)c1ccc2cc(OC(F)F)c(OC(F)F)cc2n1. The van der Waals surface area contributed by atoms with E-state index in [2.05, 4.69) is 19.6 Å². The second-order valence-corrected chi connectivity index (χ2v) is 6.02. The summed E-state index contributed by atoms with van der Waals surface area (Å²) < 4.78 is 58.8. The van der Waals surface area contributed by atoms with Gasteiger partial charge in [0.1, 0.15) is 5.71 Å². The van der Waals surface area contributed by atoms with E-state index in [9.17, 15) is 22.7 Å². The van der Waals surface area contributed by atoms with E-state index in [-0.39, 0.29) is 22.3 Å². The first kappa shape index (κ1) is 21.4. The Bertz CT molecular complexity index is 892. The molecule has 0 aliphatic rings. The molecule has 0 saturated heterocycles. The zero-order chi connectivity index (χ0) is 21.1. The van der Waals surface area contributed by atoms with Gasteiger partial charge in [0.25, 0.3) is 0 Å². The third-order valence-corrected chi connectivity index (χ3v) is 4.08. The summed E-state index contributed by atoms with van der Waals surface area (Å²) in [4.78, 5) is 4.22. The summed E-state index contributed by atoms with van der Waals surface area (Å²) in [5.74, 6) is 3.52. The van der Waals surface area contributed by atoms with E-state index in [1.165, 1.54) is 12.1 Å². The predicted octanol–water partition coefficient (Wildman–Crippen LogP) is 3.25. The van der Waals surface area contributed by atoms with Gasteiger partial charge in [0.05, 0.1) is 11.2 Å². The van der Waals surface area contributed by atoms with Crippen molar-refractivity contribution in [3.8, 4) is 11.5 Å². The Morgan fingerprint density at radius 3 is 2.21 bits per heavy atom. The normalized spacial score (nSPS) is 14.6. The molecule has 4 N–H and O–H groups in total. The van der Waals surface area contributed by atoms with Crippen molar-refractivity contribution in [2.24, 2.45) is 16.9 Å². The molecule has 0 aliphatic carbocycles. The number of halogens is 4. The first-order chi connectivity index (χ1) is 13.1. The van der Waals surface area contributed by atoms with Crippen molar-refractivity contribution in [1.29, 1.82) is 5.41 Å². The highest BCUT2D eigenvalue weighted by molar-refractivity contribution is 6.33. The van der Waals surface area contributed by atoms with Crippen LogP contribution in [0.25, 0.3) is 10.9 Å². The molecule has 1 aromatic carbocycles. The zero-order valence-electron chi connectivity index (χ0n) is 14.9. The van der Waals surface area contributed by atoms with E-state index in [0.29, 0.717) is 0 Å². The smallest absolute Gasteiger partial charge is 0.387 e. The van der Waals surface area contributed by atoms with Gasteiger partial charge >= 0.3 is 13.2 Å². The maximum Gasteiger partial charge on any atom is 0.387 e. The Kier molecular flexibility index (Phi) is 6.39. The van der Waals surface area contributed by atoms with E-state index >= 15 is 0 Å². The van der Waals surface area contributed by atoms with Gasteiger partial charge in [0, 0.05) is 17.7 Å². The third-order valence-electron chi connectivity index (χ3n) is 4.08. The van der Waals surface area contributed by atoms with Gasteiger partial charge in [-0.25, -0.2) is 4.98 Å². The van der Waals surface area contributed by atoms with Crippen LogP contribution in [0.2, 0.25) is 0 Å². The summed E-state index contributed by atoms with van der Waals surface area (Å²) in [6, 6.07) is 4.87. The largest absolute Gasteiger partial charge is 0.431 e. The van der Waals surface area contributed by atoms with Crippen molar-refractivity contribution in [2.45, 2.75) is 32.7 Å². The minimum Gasteiger partial charge on any atom is -0.431 e. The molecule has 0 aliphatic heterocycles. The number of rotatable bonds is 8. The fourth-order valence-electron chi connectivity index (χ4n) is 2.69. The number of hydrazone groups is 1. The molecule has 1 unspecified atom stereocenters. The van der Waals surface area contributed by atoms with Crippen molar-refractivity contribution in [3.63, 3.8) is 0 Å². The minimum absolute atomic E-state index is 0.0354. The Morgan fingerprint density at radius 1 is 1.18 bits per heavy atom. The minimum atomic E-state index is -3.28. The molecule has 2 aromatic rings. The first-order valence-electron chi connectivity index (χ1n) is 7.99. The quantitative estimate of drug-likeness (QED) is 0.271. The maximum atomic E-state index is 12.6. The van der Waals surface area contributed by atoms with Crippen LogP contribution in [0.3, 0.4) is 0 Å². The van der Waals surface area contributed by atoms with Crippen molar-refractivity contribution < 1.29 is 32.1 Å². The Balaban J connectivity index is 2.67. The fraction of sp³-hybridized carbons (Fsp3) is 0.353. The molecule has 11 heteroatoms. The molecule has 0 radical (unpaired) electrons. The summed E-state index contributed by atoms with van der Waals surface area (Å²) in [5, 5.41) is 22.2. The molecular weight excluding hydrogens is 384 g/mol. The molecule has 1 aromatic heterocycles. The van der Waals surface area contributed by atoms with E-state index in [4.69, 9.17) is 11.3 Å². The number of aromatic nitrogens is 1.